The Kier molecular flexibility index (Phi) is 9.97. The predicted molar refractivity (Wildman–Crippen MR) is 170 cm³/mol. The van der Waals surface area contributed by atoms with Crippen LogP contribution in [0.4, 0.5) is 9.52 Å². The number of ether oxygens (including phenoxy) is 2. The molecule has 230 valence electrons. The Morgan fingerprint density at radius 3 is 2.59 bits per heavy atom. The third-order valence-corrected chi connectivity index (χ3v) is 9.99. The number of hydrogen-bond acceptors (Lipinski definition) is 11. The first-order valence-electron chi connectivity index (χ1n) is 14.1. The van der Waals surface area contributed by atoms with Crippen LogP contribution in [0.2, 0.25) is 0 Å². The number of aryl methyl sites for hydroxylation is 2. The number of halogens is 1. The number of aliphatic hydroxyl groups is 1. The van der Waals surface area contributed by atoms with Gasteiger partial charge in [-0.2, -0.15) is 0 Å². The molecule has 2 aromatic heterocycles. The number of benzene rings is 2. The van der Waals surface area contributed by atoms with Crippen LogP contribution in [-0.4, -0.2) is 45.2 Å². The fraction of sp³-hybridized carbons (Fsp3) is 0.323. The molecule has 5 rings (SSSR count). The Balaban J connectivity index is 1.55. The van der Waals surface area contributed by atoms with Crippen LogP contribution in [-0.2, 0) is 10.5 Å². The Bertz CT molecular complexity index is 1720. The number of amides is 1. The maximum absolute atomic E-state index is 14.2. The molecule has 1 amide bonds. The van der Waals surface area contributed by atoms with E-state index in [1.807, 2.05) is 6.92 Å². The summed E-state index contributed by atoms with van der Waals surface area (Å²) in [4.78, 5) is 33.7. The summed E-state index contributed by atoms with van der Waals surface area (Å²) in [7, 11) is 0. The van der Waals surface area contributed by atoms with E-state index in [4.69, 9.17) is 9.47 Å². The summed E-state index contributed by atoms with van der Waals surface area (Å²) in [5, 5.41) is 20.6. The van der Waals surface area contributed by atoms with E-state index in [-0.39, 0.29) is 16.5 Å². The number of nitrogens with zero attached hydrogens (tertiary/aromatic N) is 4. The van der Waals surface area contributed by atoms with Crippen molar-refractivity contribution in [2.45, 2.75) is 56.7 Å². The molecule has 44 heavy (non-hydrogen) atoms. The van der Waals surface area contributed by atoms with Crippen LogP contribution in [0.3, 0.4) is 0 Å². The zero-order valence-electron chi connectivity index (χ0n) is 24.6. The summed E-state index contributed by atoms with van der Waals surface area (Å²) in [5.74, 6) is -0.952. The number of unbranched alkanes of at least 4 members (excludes halogenated alkanes) is 1. The highest BCUT2D eigenvalue weighted by Gasteiger charge is 2.47. The van der Waals surface area contributed by atoms with E-state index >= 15 is 0 Å². The van der Waals surface area contributed by atoms with Crippen molar-refractivity contribution in [2.75, 3.05) is 18.1 Å². The second kappa shape index (κ2) is 13.9. The van der Waals surface area contributed by atoms with Gasteiger partial charge in [0.25, 0.3) is 5.91 Å². The maximum Gasteiger partial charge on any atom is 0.296 e. The van der Waals surface area contributed by atoms with E-state index in [2.05, 4.69) is 22.1 Å². The highest BCUT2D eigenvalue weighted by atomic mass is 32.2. The molecule has 0 fully saturated rings. The van der Waals surface area contributed by atoms with Crippen molar-refractivity contribution in [1.29, 1.82) is 0 Å². The molecule has 0 radical (unpaired) electrons. The molecule has 1 aliphatic heterocycles. The number of Topliss-reactive ketones (excluding diaryl/α,β-unsaturated/α-hetero) is 1. The summed E-state index contributed by atoms with van der Waals surface area (Å²) in [6.07, 6.45) is 1.84. The topological polar surface area (TPSA) is 115 Å². The summed E-state index contributed by atoms with van der Waals surface area (Å²) in [6.45, 7) is 8.31. The van der Waals surface area contributed by atoms with Gasteiger partial charge >= 0.3 is 0 Å². The van der Waals surface area contributed by atoms with E-state index in [9.17, 15) is 19.1 Å². The van der Waals surface area contributed by atoms with Crippen molar-refractivity contribution in [3.63, 3.8) is 0 Å². The summed E-state index contributed by atoms with van der Waals surface area (Å²) >= 11 is 3.59. The molecule has 0 aliphatic carbocycles. The minimum atomic E-state index is -1.03. The molecule has 4 aromatic rings. The fourth-order valence-electron chi connectivity index (χ4n) is 4.74. The van der Waals surface area contributed by atoms with E-state index in [0.29, 0.717) is 61.5 Å². The maximum atomic E-state index is 14.2. The molecule has 1 aliphatic rings. The molecule has 1 unspecified atom stereocenters. The Hall–Kier alpha value is -3.81. The van der Waals surface area contributed by atoms with Gasteiger partial charge in [0.2, 0.25) is 10.9 Å². The highest BCUT2D eigenvalue weighted by molar-refractivity contribution is 8.00. The lowest BCUT2D eigenvalue weighted by Gasteiger charge is -2.25. The second-order valence-corrected chi connectivity index (χ2v) is 13.3. The van der Waals surface area contributed by atoms with Gasteiger partial charge in [-0.15, -0.1) is 21.5 Å². The number of aliphatic hydroxyl groups excluding tert-OH is 1. The van der Waals surface area contributed by atoms with Crippen LogP contribution in [0.15, 0.2) is 58.1 Å². The number of aromatic nitrogens is 3. The lowest BCUT2D eigenvalue weighted by molar-refractivity contribution is -0.117. The minimum Gasteiger partial charge on any atom is -0.503 e. The Morgan fingerprint density at radius 2 is 1.89 bits per heavy atom. The molecular weight excluding hydrogens is 624 g/mol. The average Bonchev–Trinajstić information content (AvgIpc) is 3.68. The van der Waals surface area contributed by atoms with E-state index in [1.54, 1.807) is 50.2 Å². The molecule has 9 nitrogen and oxygen atoms in total. The van der Waals surface area contributed by atoms with Gasteiger partial charge < -0.3 is 14.6 Å². The number of thiazole rings is 1. The Morgan fingerprint density at radius 1 is 1.09 bits per heavy atom. The Labute approximate surface area is 266 Å². The molecule has 0 bridgehead atoms. The first kappa shape index (κ1) is 31.6. The van der Waals surface area contributed by atoms with Crippen molar-refractivity contribution in [3.05, 3.63) is 86.3 Å². The minimum absolute atomic E-state index is 0.0837. The third-order valence-electron chi connectivity index (χ3n) is 6.81. The normalized spacial score (nSPS) is 14.9. The lowest BCUT2D eigenvalue weighted by atomic mass is 9.95. The average molecular weight is 655 g/mol. The number of carbonyl (C=O) groups excluding carboxylic acids is 2. The summed E-state index contributed by atoms with van der Waals surface area (Å²) < 4.78 is 26.5. The van der Waals surface area contributed by atoms with Gasteiger partial charge in [0.15, 0.2) is 21.6 Å². The summed E-state index contributed by atoms with van der Waals surface area (Å²) in [5.41, 5.74) is 1.46. The van der Waals surface area contributed by atoms with Gasteiger partial charge in [0.05, 0.1) is 40.4 Å². The number of rotatable bonds is 13. The fourth-order valence-corrected chi connectivity index (χ4v) is 7.46. The molecule has 2 aromatic carbocycles. The second-order valence-electron chi connectivity index (χ2n) is 9.89. The van der Waals surface area contributed by atoms with Gasteiger partial charge in [-0.1, -0.05) is 60.7 Å². The van der Waals surface area contributed by atoms with Crippen LogP contribution in [0.1, 0.15) is 64.2 Å². The van der Waals surface area contributed by atoms with E-state index in [1.165, 1.54) is 34.1 Å². The summed E-state index contributed by atoms with van der Waals surface area (Å²) in [6, 6.07) is 10.7. The molecule has 1 atom stereocenters. The van der Waals surface area contributed by atoms with E-state index in [0.717, 1.165) is 24.2 Å². The molecule has 0 spiro atoms. The van der Waals surface area contributed by atoms with Crippen molar-refractivity contribution in [2.24, 2.45) is 0 Å². The van der Waals surface area contributed by atoms with Crippen molar-refractivity contribution in [3.8, 4) is 11.5 Å². The van der Waals surface area contributed by atoms with Crippen molar-refractivity contribution < 1.29 is 28.6 Å². The lowest BCUT2D eigenvalue weighted by Crippen LogP contribution is -2.31. The van der Waals surface area contributed by atoms with Gasteiger partial charge in [-0.05, 0) is 56.5 Å². The number of carbonyl (C=O) groups is 2. The first-order chi connectivity index (χ1) is 21.2. The SMILES string of the molecule is CCCCOc1ccc(C2C(C(=O)c3sc(C)nc3C)=C(O)C(=O)N2c2nnc(SCc3ccccc3F)s2)cc1OCC. The molecule has 0 saturated heterocycles. The number of thioether (sulfide) groups is 1. The number of ketones is 1. The third kappa shape index (κ3) is 6.49. The number of anilines is 1. The van der Waals surface area contributed by atoms with Crippen LogP contribution in [0, 0.1) is 19.7 Å². The van der Waals surface area contributed by atoms with Gasteiger partial charge in [0, 0.05) is 5.75 Å². The first-order valence-corrected chi connectivity index (χ1v) is 16.7. The van der Waals surface area contributed by atoms with Crippen molar-refractivity contribution in [1.82, 2.24) is 15.2 Å². The van der Waals surface area contributed by atoms with Crippen LogP contribution in [0.5, 0.6) is 11.5 Å². The highest BCUT2D eigenvalue weighted by Crippen LogP contribution is 2.46. The predicted octanol–water partition coefficient (Wildman–Crippen LogP) is 7.40. The monoisotopic (exact) mass is 654 g/mol. The standard InChI is InChI=1S/C31H31FN4O5S3/c1-5-7-14-41-22-13-12-19(15-23(22)40-6-2)25-24(26(37)28-17(3)33-18(4)43-28)27(38)29(39)36(25)30-34-35-31(44-30)42-16-20-10-8-9-11-21(20)32/h8-13,15,25,38H,5-7,14,16H2,1-4H3. The number of hydrogen-bond donors (Lipinski definition) is 1. The zero-order chi connectivity index (χ0) is 31.4. The molecule has 13 heteroatoms. The van der Waals surface area contributed by atoms with Gasteiger partial charge in [0.1, 0.15) is 5.82 Å². The molecular formula is C31H31FN4O5S3. The smallest absolute Gasteiger partial charge is 0.296 e. The van der Waals surface area contributed by atoms with Crippen LogP contribution in [0.25, 0.3) is 0 Å². The molecule has 0 saturated carbocycles. The van der Waals surface area contributed by atoms with Gasteiger partial charge in [-0.25, -0.2) is 9.37 Å². The van der Waals surface area contributed by atoms with Crippen LogP contribution >= 0.6 is 34.4 Å². The zero-order valence-corrected chi connectivity index (χ0v) is 27.1. The molecule has 1 N–H and O–H groups in total. The van der Waals surface area contributed by atoms with E-state index < -0.39 is 23.5 Å². The van der Waals surface area contributed by atoms with Gasteiger partial charge in [-0.3, -0.25) is 14.5 Å². The van der Waals surface area contributed by atoms with Crippen molar-refractivity contribution >= 4 is 51.3 Å². The quantitative estimate of drug-likeness (QED) is 0.0681. The van der Waals surface area contributed by atoms with Crippen LogP contribution < -0.4 is 14.4 Å². The largest absolute Gasteiger partial charge is 0.503 e. The molecule has 3 heterocycles.